The summed E-state index contributed by atoms with van der Waals surface area (Å²) in [5.74, 6) is -0.897. The Morgan fingerprint density at radius 1 is 1.35 bits per heavy atom. The molecule has 106 valence electrons. The quantitative estimate of drug-likeness (QED) is 0.825. The molecule has 0 bridgehead atoms. The average Bonchev–Trinajstić information content (AvgIpc) is 2.36. The molecule has 1 heterocycles. The zero-order valence-corrected chi connectivity index (χ0v) is 12.8. The van der Waals surface area contributed by atoms with Crippen molar-refractivity contribution in [1.29, 1.82) is 0 Å². The first kappa shape index (κ1) is 14.7. The number of sulfonamides is 1. The van der Waals surface area contributed by atoms with E-state index in [9.17, 15) is 12.8 Å². The van der Waals surface area contributed by atoms with E-state index in [4.69, 9.17) is 5.73 Å². The zero-order valence-electron chi connectivity index (χ0n) is 10.4. The lowest BCUT2D eigenvalue weighted by Crippen LogP contribution is -2.15. The molecule has 0 atom stereocenters. The highest BCUT2D eigenvalue weighted by molar-refractivity contribution is 9.10. The van der Waals surface area contributed by atoms with Gasteiger partial charge in [0.15, 0.2) is 5.82 Å². The van der Waals surface area contributed by atoms with Crippen molar-refractivity contribution in [2.24, 2.45) is 0 Å². The molecule has 2 rings (SSSR count). The van der Waals surface area contributed by atoms with Crippen LogP contribution in [0.1, 0.15) is 5.69 Å². The minimum Gasteiger partial charge on any atom is -0.399 e. The molecule has 0 saturated carbocycles. The Balaban J connectivity index is 2.43. The fourth-order valence-electron chi connectivity index (χ4n) is 1.52. The first-order valence-electron chi connectivity index (χ1n) is 5.49. The molecule has 0 unspecified atom stereocenters. The second kappa shape index (κ2) is 5.37. The van der Waals surface area contributed by atoms with Gasteiger partial charge in [-0.15, -0.1) is 0 Å². The minimum absolute atomic E-state index is 0.0140. The number of aromatic nitrogens is 1. The third-order valence-corrected chi connectivity index (χ3v) is 4.43. The number of nitrogens with zero attached hydrogens (tertiary/aromatic N) is 1. The molecular formula is C12H11BrFN3O2S. The third-order valence-electron chi connectivity index (χ3n) is 2.47. The van der Waals surface area contributed by atoms with E-state index in [1.807, 2.05) is 0 Å². The Bertz CT molecular complexity index is 748. The zero-order chi connectivity index (χ0) is 14.9. The maximum atomic E-state index is 13.9. The van der Waals surface area contributed by atoms with Crippen LogP contribution in [0.3, 0.4) is 0 Å². The van der Waals surface area contributed by atoms with Gasteiger partial charge in [0.1, 0.15) is 4.90 Å². The van der Waals surface area contributed by atoms with E-state index in [1.54, 1.807) is 19.1 Å². The van der Waals surface area contributed by atoms with Gasteiger partial charge < -0.3 is 5.73 Å². The molecular weight excluding hydrogens is 349 g/mol. The van der Waals surface area contributed by atoms with Crippen LogP contribution in [0.4, 0.5) is 15.8 Å². The van der Waals surface area contributed by atoms with Gasteiger partial charge in [-0.25, -0.2) is 12.8 Å². The molecule has 20 heavy (non-hydrogen) atoms. The first-order chi connectivity index (χ1) is 9.29. The summed E-state index contributed by atoms with van der Waals surface area (Å²) < 4.78 is 40.5. The number of hydrogen-bond donors (Lipinski definition) is 2. The largest absolute Gasteiger partial charge is 0.399 e. The predicted octanol–water partition coefficient (Wildman–Crippen LogP) is 2.67. The molecule has 2 aromatic rings. The van der Waals surface area contributed by atoms with Gasteiger partial charge in [0, 0.05) is 11.4 Å². The Morgan fingerprint density at radius 3 is 2.65 bits per heavy atom. The number of nitrogens with two attached hydrogens (primary N) is 1. The topological polar surface area (TPSA) is 85.1 Å². The van der Waals surface area contributed by atoms with E-state index in [0.717, 1.165) is 11.8 Å². The molecule has 0 fully saturated rings. The van der Waals surface area contributed by atoms with Crippen molar-refractivity contribution in [3.63, 3.8) is 0 Å². The summed E-state index contributed by atoms with van der Waals surface area (Å²) in [6, 6.07) is 5.54. The highest BCUT2D eigenvalue weighted by atomic mass is 79.9. The van der Waals surface area contributed by atoms with Gasteiger partial charge in [-0.1, -0.05) is 0 Å². The van der Waals surface area contributed by atoms with Crippen molar-refractivity contribution >= 4 is 37.3 Å². The Labute approximate surface area is 124 Å². The molecule has 0 aliphatic rings. The van der Waals surface area contributed by atoms with Gasteiger partial charge >= 0.3 is 0 Å². The summed E-state index contributed by atoms with van der Waals surface area (Å²) >= 11 is 2.92. The summed E-state index contributed by atoms with van der Waals surface area (Å²) in [4.78, 5) is 3.44. The van der Waals surface area contributed by atoms with Crippen LogP contribution in [0.5, 0.6) is 0 Å². The lowest BCUT2D eigenvalue weighted by molar-refractivity contribution is 0.567. The van der Waals surface area contributed by atoms with E-state index in [1.165, 1.54) is 12.3 Å². The molecule has 1 aromatic carbocycles. The van der Waals surface area contributed by atoms with Crippen LogP contribution in [-0.2, 0) is 10.0 Å². The van der Waals surface area contributed by atoms with Crippen LogP contribution >= 0.6 is 15.9 Å². The molecule has 0 radical (unpaired) electrons. The van der Waals surface area contributed by atoms with Gasteiger partial charge in [-0.05, 0) is 47.1 Å². The number of nitrogen functional groups attached to an aromatic ring is 1. The number of pyridine rings is 1. The van der Waals surface area contributed by atoms with Gasteiger partial charge in [-0.2, -0.15) is 0 Å². The predicted molar refractivity (Wildman–Crippen MR) is 78.3 cm³/mol. The molecule has 0 spiro atoms. The summed E-state index contributed by atoms with van der Waals surface area (Å²) in [6.45, 7) is 1.77. The Morgan fingerprint density at radius 2 is 2.05 bits per heavy atom. The van der Waals surface area contributed by atoms with Crippen LogP contribution in [-0.4, -0.2) is 13.4 Å². The first-order valence-corrected chi connectivity index (χ1v) is 7.77. The lowest BCUT2D eigenvalue weighted by Gasteiger charge is -2.10. The van der Waals surface area contributed by atoms with Crippen LogP contribution in [0, 0.1) is 12.7 Å². The van der Waals surface area contributed by atoms with Gasteiger partial charge in [0.25, 0.3) is 10.0 Å². The molecule has 5 nitrogen and oxygen atoms in total. The maximum absolute atomic E-state index is 13.9. The lowest BCUT2D eigenvalue weighted by atomic mass is 10.3. The maximum Gasteiger partial charge on any atom is 0.264 e. The average molecular weight is 360 g/mol. The molecule has 0 saturated heterocycles. The number of rotatable bonds is 3. The van der Waals surface area contributed by atoms with E-state index >= 15 is 0 Å². The molecule has 3 N–H and O–H groups in total. The SMILES string of the molecule is Cc1ccc(NS(=O)(=O)c2cc(N)cc(Br)c2F)cn1. The fourth-order valence-corrected chi connectivity index (χ4v) is 3.30. The monoisotopic (exact) mass is 359 g/mol. The smallest absolute Gasteiger partial charge is 0.264 e. The van der Waals surface area contributed by atoms with Crippen molar-refractivity contribution in [1.82, 2.24) is 4.98 Å². The molecule has 8 heteroatoms. The van der Waals surface area contributed by atoms with Crippen molar-refractivity contribution in [2.75, 3.05) is 10.5 Å². The summed E-state index contributed by atoms with van der Waals surface area (Å²) in [7, 11) is -4.08. The Hall–Kier alpha value is -1.67. The van der Waals surface area contributed by atoms with Gasteiger partial charge in [0.2, 0.25) is 0 Å². The summed E-state index contributed by atoms with van der Waals surface area (Å²) in [5.41, 5.74) is 6.66. The van der Waals surface area contributed by atoms with Crippen LogP contribution in [0.2, 0.25) is 0 Å². The van der Waals surface area contributed by atoms with Crippen molar-refractivity contribution in [2.45, 2.75) is 11.8 Å². The van der Waals surface area contributed by atoms with E-state index in [0.29, 0.717) is 0 Å². The minimum atomic E-state index is -4.08. The van der Waals surface area contributed by atoms with Gasteiger partial charge in [0.05, 0.1) is 16.4 Å². The number of aryl methyl sites for hydroxylation is 1. The van der Waals surface area contributed by atoms with Crippen LogP contribution in [0.25, 0.3) is 0 Å². The number of anilines is 2. The fraction of sp³-hybridized carbons (Fsp3) is 0.0833. The van der Waals surface area contributed by atoms with Crippen molar-refractivity contribution in [3.8, 4) is 0 Å². The normalized spacial score (nSPS) is 11.3. The molecule has 1 aromatic heterocycles. The second-order valence-corrected chi connectivity index (χ2v) is 6.61. The standard InChI is InChI=1S/C12H11BrFN3O2S/c1-7-2-3-9(6-16-7)17-20(18,19)11-5-8(15)4-10(13)12(11)14/h2-6,17H,15H2,1H3. The number of halogens is 2. The Kier molecular flexibility index (Phi) is 3.96. The number of nitrogens with one attached hydrogen (secondary N) is 1. The number of benzene rings is 1. The molecule has 0 aliphatic carbocycles. The van der Waals surface area contributed by atoms with Gasteiger partial charge in [-0.3, -0.25) is 9.71 Å². The van der Waals surface area contributed by atoms with E-state index in [2.05, 4.69) is 25.6 Å². The van der Waals surface area contributed by atoms with Crippen molar-refractivity contribution in [3.05, 3.63) is 46.4 Å². The molecule has 0 aliphatic heterocycles. The van der Waals surface area contributed by atoms with E-state index in [-0.39, 0.29) is 15.8 Å². The van der Waals surface area contributed by atoms with Crippen LogP contribution < -0.4 is 10.5 Å². The number of hydrogen-bond acceptors (Lipinski definition) is 4. The second-order valence-electron chi connectivity index (χ2n) is 4.11. The summed E-state index contributed by atoms with van der Waals surface area (Å²) in [5, 5.41) is 0. The van der Waals surface area contributed by atoms with Crippen molar-refractivity contribution < 1.29 is 12.8 Å². The highest BCUT2D eigenvalue weighted by Gasteiger charge is 2.22. The summed E-state index contributed by atoms with van der Waals surface area (Å²) in [6.07, 6.45) is 1.35. The third kappa shape index (κ3) is 3.07. The highest BCUT2D eigenvalue weighted by Crippen LogP contribution is 2.27. The molecule has 0 amide bonds. The van der Waals surface area contributed by atoms with E-state index < -0.39 is 20.7 Å². The van der Waals surface area contributed by atoms with Crippen LogP contribution in [0.15, 0.2) is 39.8 Å².